The molecule has 184 valence electrons. The predicted octanol–water partition coefficient (Wildman–Crippen LogP) is 6.35. The molecule has 7 nitrogen and oxygen atoms in total. The molecule has 1 N–H and O–H groups in total. The van der Waals surface area contributed by atoms with E-state index in [-0.39, 0.29) is 11.8 Å². The smallest absolute Gasteiger partial charge is 0.260 e. The van der Waals surface area contributed by atoms with Gasteiger partial charge in [-0.25, -0.2) is 4.98 Å². The molecule has 0 bridgehead atoms. The highest BCUT2D eigenvalue weighted by Crippen LogP contribution is 2.39. The fraction of sp³-hybridized carbons (Fsp3) is 0.0323. The lowest BCUT2D eigenvalue weighted by Gasteiger charge is -2.22. The lowest BCUT2D eigenvalue weighted by molar-refractivity contribution is 0.0984. The van der Waals surface area contributed by atoms with Crippen molar-refractivity contribution in [3.05, 3.63) is 132 Å². The molecule has 7 heteroatoms. The maximum absolute atomic E-state index is 13.6. The van der Waals surface area contributed by atoms with Crippen molar-refractivity contribution in [1.82, 2.24) is 9.97 Å². The molecule has 0 radical (unpaired) electrons. The summed E-state index contributed by atoms with van der Waals surface area (Å²) in [6.07, 6.45) is 3.16. The van der Waals surface area contributed by atoms with Crippen LogP contribution in [0.15, 0.2) is 116 Å². The van der Waals surface area contributed by atoms with Gasteiger partial charge in [0.15, 0.2) is 5.75 Å². The molecule has 1 aliphatic heterocycles. The zero-order valence-electron chi connectivity index (χ0n) is 20.2. The quantitative estimate of drug-likeness (QED) is 0.312. The predicted molar refractivity (Wildman–Crippen MR) is 145 cm³/mol. The van der Waals surface area contributed by atoms with E-state index in [9.17, 15) is 9.59 Å². The van der Waals surface area contributed by atoms with Crippen LogP contribution in [0.4, 0.5) is 11.5 Å². The van der Waals surface area contributed by atoms with Gasteiger partial charge in [-0.1, -0.05) is 54.6 Å². The van der Waals surface area contributed by atoms with Crippen molar-refractivity contribution in [2.45, 2.75) is 6.54 Å². The van der Waals surface area contributed by atoms with Crippen molar-refractivity contribution < 1.29 is 14.3 Å². The average Bonchev–Trinajstić information content (AvgIpc) is 3.14. The van der Waals surface area contributed by atoms with Crippen molar-refractivity contribution in [2.24, 2.45) is 0 Å². The summed E-state index contributed by atoms with van der Waals surface area (Å²) in [5.74, 6) is 1.13. The Balaban J connectivity index is 1.24. The molecule has 0 unspecified atom stereocenters. The van der Waals surface area contributed by atoms with Crippen LogP contribution in [0.25, 0.3) is 11.3 Å². The van der Waals surface area contributed by atoms with E-state index in [2.05, 4.69) is 15.3 Å². The topological polar surface area (TPSA) is 84.4 Å². The van der Waals surface area contributed by atoms with Gasteiger partial charge in [-0.3, -0.25) is 14.6 Å². The lowest BCUT2D eigenvalue weighted by atomic mass is 10.0. The normalized spacial score (nSPS) is 11.9. The van der Waals surface area contributed by atoms with Gasteiger partial charge >= 0.3 is 0 Å². The number of hydrogen-bond acceptors (Lipinski definition) is 5. The van der Waals surface area contributed by atoms with Gasteiger partial charge < -0.3 is 15.0 Å². The summed E-state index contributed by atoms with van der Waals surface area (Å²) in [5.41, 5.74) is 3.88. The number of ether oxygens (including phenoxy) is 1. The zero-order chi connectivity index (χ0) is 25.9. The number of carbonyl (C=O) groups is 2. The van der Waals surface area contributed by atoms with Gasteiger partial charge in [0.25, 0.3) is 11.8 Å². The van der Waals surface area contributed by atoms with Crippen molar-refractivity contribution in [3.8, 4) is 22.8 Å². The van der Waals surface area contributed by atoms with Crippen molar-refractivity contribution in [1.29, 1.82) is 0 Å². The van der Waals surface area contributed by atoms with E-state index in [4.69, 9.17) is 4.74 Å². The number of amides is 2. The van der Waals surface area contributed by atoms with Crippen LogP contribution in [0.2, 0.25) is 0 Å². The van der Waals surface area contributed by atoms with Crippen LogP contribution < -0.4 is 15.0 Å². The molecule has 3 aromatic carbocycles. The number of nitrogens with zero attached hydrogens (tertiary/aromatic N) is 3. The van der Waals surface area contributed by atoms with Crippen LogP contribution in [0.3, 0.4) is 0 Å². The Morgan fingerprint density at radius 1 is 0.763 bits per heavy atom. The molecule has 0 aliphatic carbocycles. The van der Waals surface area contributed by atoms with E-state index in [1.165, 1.54) is 6.20 Å². The molecule has 0 saturated carbocycles. The zero-order valence-corrected chi connectivity index (χ0v) is 20.2. The van der Waals surface area contributed by atoms with Gasteiger partial charge in [-0.05, 0) is 48.5 Å². The lowest BCUT2D eigenvalue weighted by Crippen LogP contribution is -2.30. The van der Waals surface area contributed by atoms with Gasteiger partial charge in [0, 0.05) is 29.1 Å². The van der Waals surface area contributed by atoms with Crippen LogP contribution in [-0.4, -0.2) is 21.8 Å². The Morgan fingerprint density at radius 3 is 2.34 bits per heavy atom. The first-order valence-corrected chi connectivity index (χ1v) is 12.1. The monoisotopic (exact) mass is 498 g/mol. The van der Waals surface area contributed by atoms with Gasteiger partial charge in [0.1, 0.15) is 11.6 Å². The number of fused-ring (bicyclic) bond motifs is 2. The standard InChI is InChI=1S/C31H22N4O3/c36-30(24-11-3-2-10-23(24)25-12-7-8-18-32-25)34-29-17-16-21(19-33-29)31(37)35-20-22-9-1-5-14-27(22)38-28-15-6-4-13-26(28)35/h1-19H,20H2,(H,33,34,36). The summed E-state index contributed by atoms with van der Waals surface area (Å²) in [7, 11) is 0. The molecule has 0 spiro atoms. The fourth-order valence-corrected chi connectivity index (χ4v) is 4.42. The number of aromatic nitrogens is 2. The van der Waals surface area contributed by atoms with E-state index in [0.29, 0.717) is 40.6 Å². The number of pyridine rings is 2. The Kier molecular flexibility index (Phi) is 6.08. The minimum absolute atomic E-state index is 0.219. The van der Waals surface area contributed by atoms with Crippen molar-refractivity contribution in [3.63, 3.8) is 0 Å². The average molecular weight is 499 g/mol. The number of nitrogens with one attached hydrogen (secondary N) is 1. The van der Waals surface area contributed by atoms with Crippen LogP contribution in [0, 0.1) is 0 Å². The highest BCUT2D eigenvalue weighted by atomic mass is 16.5. The maximum atomic E-state index is 13.6. The van der Waals surface area contributed by atoms with Gasteiger partial charge in [0.05, 0.1) is 23.5 Å². The summed E-state index contributed by atoms with van der Waals surface area (Å²) in [6.45, 7) is 0.356. The maximum Gasteiger partial charge on any atom is 0.260 e. The van der Waals surface area contributed by atoms with Crippen LogP contribution in [-0.2, 0) is 6.54 Å². The highest BCUT2D eigenvalue weighted by Gasteiger charge is 2.26. The SMILES string of the molecule is O=C(Nc1ccc(C(=O)N2Cc3ccccc3Oc3ccccc32)cn1)c1ccccc1-c1ccccn1. The Morgan fingerprint density at radius 2 is 1.53 bits per heavy atom. The number of anilines is 2. The van der Waals surface area contributed by atoms with E-state index in [0.717, 1.165) is 16.9 Å². The van der Waals surface area contributed by atoms with Crippen LogP contribution in [0.5, 0.6) is 11.5 Å². The summed E-state index contributed by atoms with van der Waals surface area (Å²) in [4.78, 5) is 37.1. The van der Waals surface area contributed by atoms with Gasteiger partial charge in [0.2, 0.25) is 0 Å². The molecule has 1 aliphatic rings. The molecule has 0 atom stereocenters. The van der Waals surface area contributed by atoms with Crippen molar-refractivity contribution >= 4 is 23.3 Å². The molecule has 2 aromatic heterocycles. The Labute approximate surface area is 219 Å². The number of benzene rings is 3. The first-order chi connectivity index (χ1) is 18.7. The number of rotatable bonds is 4. The van der Waals surface area contributed by atoms with Gasteiger partial charge in [-0.2, -0.15) is 0 Å². The molecule has 2 amide bonds. The molecular formula is C31H22N4O3. The molecular weight excluding hydrogens is 476 g/mol. The summed E-state index contributed by atoms with van der Waals surface area (Å²) in [5, 5.41) is 2.83. The summed E-state index contributed by atoms with van der Waals surface area (Å²) < 4.78 is 6.10. The van der Waals surface area contributed by atoms with E-state index >= 15 is 0 Å². The third-order valence-corrected chi connectivity index (χ3v) is 6.29. The molecule has 6 rings (SSSR count). The van der Waals surface area contributed by atoms with Crippen LogP contribution >= 0.6 is 0 Å². The molecule has 3 heterocycles. The highest BCUT2D eigenvalue weighted by molar-refractivity contribution is 6.09. The molecule has 5 aromatic rings. The first kappa shape index (κ1) is 23.1. The fourth-order valence-electron chi connectivity index (χ4n) is 4.42. The van der Waals surface area contributed by atoms with Crippen LogP contribution in [0.1, 0.15) is 26.3 Å². The number of carbonyl (C=O) groups excluding carboxylic acids is 2. The summed E-state index contributed by atoms with van der Waals surface area (Å²) in [6, 6.07) is 31.2. The summed E-state index contributed by atoms with van der Waals surface area (Å²) >= 11 is 0. The second-order valence-corrected chi connectivity index (χ2v) is 8.72. The first-order valence-electron chi connectivity index (χ1n) is 12.1. The molecule has 38 heavy (non-hydrogen) atoms. The minimum Gasteiger partial charge on any atom is -0.455 e. The van der Waals surface area contributed by atoms with E-state index in [1.54, 1.807) is 35.4 Å². The van der Waals surface area contributed by atoms with Crippen molar-refractivity contribution in [2.75, 3.05) is 10.2 Å². The third kappa shape index (κ3) is 4.49. The van der Waals surface area contributed by atoms with Gasteiger partial charge in [-0.15, -0.1) is 0 Å². The minimum atomic E-state index is -0.312. The number of para-hydroxylation sites is 3. The molecule has 0 fully saturated rings. The Hall–Kier alpha value is -5.30. The number of hydrogen-bond donors (Lipinski definition) is 1. The second-order valence-electron chi connectivity index (χ2n) is 8.72. The molecule has 0 saturated heterocycles. The van der Waals surface area contributed by atoms with E-state index in [1.807, 2.05) is 78.9 Å². The largest absolute Gasteiger partial charge is 0.455 e. The second kappa shape index (κ2) is 9.99. The Bertz CT molecular complexity index is 1640. The van der Waals surface area contributed by atoms with E-state index < -0.39 is 0 Å². The third-order valence-electron chi connectivity index (χ3n) is 6.29.